The number of carbonyl (C=O) groups is 1. The van der Waals surface area contributed by atoms with Crippen molar-refractivity contribution in [3.63, 3.8) is 0 Å². The molecule has 2 N–H and O–H groups in total. The SMILES string of the molecule is C[C@@H]1CN(c2cc(F)c(-c3ccc(OC4CCOOC4)nc3)cc2NC(=O)c2c[nH]c(=O)cc2C(F)F)CCN1C. The Hall–Kier alpha value is -3.94. The summed E-state index contributed by atoms with van der Waals surface area (Å²) in [5.41, 5.74) is -0.623. The zero-order valence-electron chi connectivity index (χ0n) is 22.5. The Kier molecular flexibility index (Phi) is 8.57. The molecule has 2 aliphatic rings. The lowest BCUT2D eigenvalue weighted by Gasteiger charge is -2.39. The van der Waals surface area contributed by atoms with E-state index in [0.29, 0.717) is 55.9 Å². The number of carbonyl (C=O) groups excluding carboxylic acids is 1. The van der Waals surface area contributed by atoms with Crippen molar-refractivity contribution < 1.29 is 32.5 Å². The quantitative estimate of drug-likeness (QED) is 0.409. The largest absolute Gasteiger partial charge is 0.472 e. The molecule has 0 saturated carbocycles. The highest BCUT2D eigenvalue weighted by molar-refractivity contribution is 6.07. The molecule has 2 aliphatic heterocycles. The summed E-state index contributed by atoms with van der Waals surface area (Å²) in [6, 6.07) is 6.88. The number of likely N-dealkylation sites (N-methyl/N-ethyl adjacent to an activating group) is 1. The van der Waals surface area contributed by atoms with Crippen LogP contribution in [0.25, 0.3) is 11.1 Å². The molecule has 5 rings (SSSR count). The normalized spacial score (nSPS) is 19.8. The number of ether oxygens (including phenoxy) is 1. The third-order valence-corrected chi connectivity index (χ3v) is 7.27. The molecule has 1 unspecified atom stereocenters. The fraction of sp³-hybridized carbons (Fsp3) is 0.393. The number of rotatable bonds is 7. The average molecular weight is 574 g/mol. The highest BCUT2D eigenvalue weighted by Gasteiger charge is 2.26. The Bertz CT molecular complexity index is 1450. The van der Waals surface area contributed by atoms with Crippen LogP contribution >= 0.6 is 0 Å². The summed E-state index contributed by atoms with van der Waals surface area (Å²) in [7, 11) is 1.99. The van der Waals surface area contributed by atoms with E-state index in [1.54, 1.807) is 12.1 Å². The van der Waals surface area contributed by atoms with E-state index in [-0.39, 0.29) is 35.6 Å². The van der Waals surface area contributed by atoms with Crippen molar-refractivity contribution in [3.05, 3.63) is 70.0 Å². The van der Waals surface area contributed by atoms with E-state index in [2.05, 4.69) is 20.2 Å². The Labute approximate surface area is 234 Å². The number of anilines is 2. The topological polar surface area (TPSA) is 109 Å². The molecular weight excluding hydrogens is 543 g/mol. The molecular formula is C28H30F3N5O5. The third kappa shape index (κ3) is 6.53. The van der Waals surface area contributed by atoms with E-state index in [0.717, 1.165) is 6.20 Å². The number of nitrogens with zero attached hydrogens (tertiary/aromatic N) is 3. The molecule has 2 fully saturated rings. The van der Waals surface area contributed by atoms with Crippen molar-refractivity contribution in [2.45, 2.75) is 31.9 Å². The number of alkyl halides is 2. The number of amides is 1. The molecule has 0 aliphatic carbocycles. The fourth-order valence-corrected chi connectivity index (χ4v) is 4.79. The van der Waals surface area contributed by atoms with E-state index in [4.69, 9.17) is 14.5 Å². The van der Waals surface area contributed by atoms with Gasteiger partial charge in [0.1, 0.15) is 18.5 Å². The van der Waals surface area contributed by atoms with Crippen molar-refractivity contribution in [3.8, 4) is 17.0 Å². The van der Waals surface area contributed by atoms with Crippen LogP contribution in [-0.2, 0) is 9.78 Å². The number of aromatic amines is 1. The van der Waals surface area contributed by atoms with Gasteiger partial charge in [-0.15, -0.1) is 0 Å². The Morgan fingerprint density at radius 1 is 1.22 bits per heavy atom. The first-order chi connectivity index (χ1) is 19.7. The molecule has 1 amide bonds. The van der Waals surface area contributed by atoms with Crippen LogP contribution in [0.3, 0.4) is 0 Å². The predicted octanol–water partition coefficient (Wildman–Crippen LogP) is 4.01. The van der Waals surface area contributed by atoms with Crippen LogP contribution in [0, 0.1) is 5.82 Å². The number of H-pyrrole nitrogens is 1. The summed E-state index contributed by atoms with van der Waals surface area (Å²) in [6.07, 6.45) is -0.228. The van der Waals surface area contributed by atoms with E-state index in [1.165, 1.54) is 18.3 Å². The van der Waals surface area contributed by atoms with Gasteiger partial charge in [0.15, 0.2) is 0 Å². The van der Waals surface area contributed by atoms with Gasteiger partial charge >= 0.3 is 0 Å². The summed E-state index contributed by atoms with van der Waals surface area (Å²) in [5.74, 6) is -1.08. The van der Waals surface area contributed by atoms with Gasteiger partial charge in [-0.25, -0.2) is 27.9 Å². The molecule has 41 heavy (non-hydrogen) atoms. The lowest BCUT2D eigenvalue weighted by atomic mass is 10.0. The van der Waals surface area contributed by atoms with Crippen molar-refractivity contribution in [1.29, 1.82) is 0 Å². The van der Waals surface area contributed by atoms with E-state index in [9.17, 15) is 18.4 Å². The number of nitrogens with one attached hydrogen (secondary N) is 2. The first kappa shape index (κ1) is 28.6. The smallest absolute Gasteiger partial charge is 0.264 e. The summed E-state index contributed by atoms with van der Waals surface area (Å²) in [4.78, 5) is 45.3. The minimum Gasteiger partial charge on any atom is -0.472 e. The van der Waals surface area contributed by atoms with Crippen LogP contribution in [0.4, 0.5) is 24.5 Å². The highest BCUT2D eigenvalue weighted by atomic mass is 19.3. The van der Waals surface area contributed by atoms with Crippen molar-refractivity contribution in [2.75, 3.05) is 50.1 Å². The first-order valence-electron chi connectivity index (χ1n) is 13.2. The second-order valence-corrected chi connectivity index (χ2v) is 10.1. The molecule has 0 radical (unpaired) electrons. The zero-order valence-corrected chi connectivity index (χ0v) is 22.5. The Balaban J connectivity index is 1.48. The molecule has 2 atom stereocenters. The Morgan fingerprint density at radius 2 is 2.05 bits per heavy atom. The summed E-state index contributed by atoms with van der Waals surface area (Å²) >= 11 is 0. The monoisotopic (exact) mass is 573 g/mol. The highest BCUT2D eigenvalue weighted by Crippen LogP contribution is 2.36. The minimum atomic E-state index is -3.04. The summed E-state index contributed by atoms with van der Waals surface area (Å²) in [5, 5.41) is 2.68. The molecule has 218 valence electrons. The number of hydrogen-bond donors (Lipinski definition) is 2. The lowest BCUT2D eigenvalue weighted by Crippen LogP contribution is -2.50. The van der Waals surface area contributed by atoms with Gasteiger partial charge in [-0.05, 0) is 32.2 Å². The lowest BCUT2D eigenvalue weighted by molar-refractivity contribution is -0.327. The van der Waals surface area contributed by atoms with Crippen molar-refractivity contribution >= 4 is 17.3 Å². The number of benzene rings is 1. The van der Waals surface area contributed by atoms with Crippen LogP contribution in [0.5, 0.6) is 5.88 Å². The molecule has 0 bridgehead atoms. The second-order valence-electron chi connectivity index (χ2n) is 10.1. The standard InChI is InChI=1S/C28H30F3N5O5/c1-16-14-36(7-6-35(16)2)24-11-22(29)19(17-3-4-26(33-12-17)41-18-5-8-39-40-15-18)9-23(24)34-28(38)21-13-32-25(37)10-20(21)27(30)31/h3-4,9-13,16,18,27H,5-8,14-15H2,1-2H3,(H,32,37)(H,34,38)/t16-,18?/m1/s1. The van der Waals surface area contributed by atoms with Crippen molar-refractivity contribution in [1.82, 2.24) is 14.9 Å². The van der Waals surface area contributed by atoms with Gasteiger partial charge in [-0.2, -0.15) is 0 Å². The number of aromatic nitrogens is 2. The van der Waals surface area contributed by atoms with Gasteiger partial charge in [0.2, 0.25) is 11.4 Å². The molecule has 4 heterocycles. The molecule has 1 aromatic carbocycles. The zero-order chi connectivity index (χ0) is 29.1. The average Bonchev–Trinajstić information content (AvgIpc) is 2.96. The van der Waals surface area contributed by atoms with Crippen LogP contribution in [-0.4, -0.2) is 72.8 Å². The minimum absolute atomic E-state index is 0.148. The third-order valence-electron chi connectivity index (χ3n) is 7.27. The fourth-order valence-electron chi connectivity index (χ4n) is 4.79. The van der Waals surface area contributed by atoms with Gasteiger partial charge in [0, 0.05) is 73.3 Å². The van der Waals surface area contributed by atoms with Crippen LogP contribution < -0.4 is 20.5 Å². The molecule has 2 saturated heterocycles. The maximum Gasteiger partial charge on any atom is 0.264 e. The molecule has 2 aromatic heterocycles. The molecule has 13 heteroatoms. The van der Waals surface area contributed by atoms with Crippen LogP contribution in [0.1, 0.15) is 35.7 Å². The van der Waals surface area contributed by atoms with Crippen LogP contribution in [0.15, 0.2) is 47.5 Å². The van der Waals surface area contributed by atoms with Crippen LogP contribution in [0.2, 0.25) is 0 Å². The number of halogens is 3. The Morgan fingerprint density at radius 3 is 2.73 bits per heavy atom. The number of hydrogen-bond acceptors (Lipinski definition) is 8. The number of piperazine rings is 1. The predicted molar refractivity (Wildman–Crippen MR) is 145 cm³/mol. The first-order valence-corrected chi connectivity index (χ1v) is 13.2. The van der Waals surface area contributed by atoms with Crippen molar-refractivity contribution in [2.24, 2.45) is 0 Å². The maximum atomic E-state index is 15.6. The summed E-state index contributed by atoms with van der Waals surface area (Å²) in [6.45, 7) is 4.52. The van der Waals surface area contributed by atoms with Gasteiger partial charge in [0.05, 0.1) is 23.5 Å². The van der Waals surface area contributed by atoms with E-state index in [1.807, 2.05) is 18.9 Å². The molecule has 3 aromatic rings. The second kappa shape index (κ2) is 12.3. The van der Waals surface area contributed by atoms with Gasteiger partial charge < -0.3 is 24.8 Å². The van der Waals surface area contributed by atoms with Gasteiger partial charge in [-0.3, -0.25) is 9.59 Å². The summed E-state index contributed by atoms with van der Waals surface area (Å²) < 4.78 is 48.7. The molecule has 0 spiro atoms. The number of pyridine rings is 2. The van der Waals surface area contributed by atoms with Gasteiger partial charge in [-0.1, -0.05) is 0 Å². The van der Waals surface area contributed by atoms with E-state index >= 15 is 4.39 Å². The molecule has 10 nitrogen and oxygen atoms in total. The van der Waals surface area contributed by atoms with E-state index < -0.39 is 29.3 Å². The van der Waals surface area contributed by atoms with Gasteiger partial charge in [0.25, 0.3) is 12.3 Å². The maximum absolute atomic E-state index is 15.6.